The van der Waals surface area contributed by atoms with Crippen molar-refractivity contribution in [3.05, 3.63) is 0 Å². The molecule has 2 aliphatic heterocycles. The van der Waals surface area contributed by atoms with Gasteiger partial charge in [0, 0.05) is 6.54 Å². The van der Waals surface area contributed by atoms with Crippen molar-refractivity contribution >= 4 is 11.9 Å². The fraction of sp³-hybridized carbons (Fsp3) is 0.857. The lowest BCUT2D eigenvalue weighted by Crippen LogP contribution is -2.53. The molecular weight excluding hydrogens is 244 g/mol. The van der Waals surface area contributed by atoms with E-state index >= 15 is 0 Å². The van der Waals surface area contributed by atoms with Gasteiger partial charge in [-0.15, -0.1) is 0 Å². The zero-order chi connectivity index (χ0) is 13.5. The van der Waals surface area contributed by atoms with Gasteiger partial charge in [-0.3, -0.25) is 10.1 Å². The number of hydrogen-bond acceptors (Lipinski definition) is 3. The van der Waals surface area contributed by atoms with Crippen LogP contribution in [0.1, 0.15) is 51.9 Å². The zero-order valence-electron chi connectivity index (χ0n) is 11.5. The first kappa shape index (κ1) is 12.9. The SMILES string of the molecule is CC1CCC(CN2C(=O)NC(=O)C23CCCCC3)O1. The van der Waals surface area contributed by atoms with Crippen LogP contribution >= 0.6 is 0 Å². The van der Waals surface area contributed by atoms with Crippen LogP contribution in [0.5, 0.6) is 0 Å². The van der Waals surface area contributed by atoms with E-state index in [1.54, 1.807) is 4.90 Å². The quantitative estimate of drug-likeness (QED) is 0.775. The molecular formula is C14H22N2O3. The zero-order valence-corrected chi connectivity index (χ0v) is 11.5. The molecule has 3 aliphatic rings. The van der Waals surface area contributed by atoms with Gasteiger partial charge in [0.1, 0.15) is 5.54 Å². The number of nitrogens with zero attached hydrogens (tertiary/aromatic N) is 1. The fourth-order valence-corrected chi connectivity index (χ4v) is 3.71. The number of ether oxygens (including phenoxy) is 1. The van der Waals surface area contributed by atoms with Gasteiger partial charge in [-0.1, -0.05) is 19.3 Å². The van der Waals surface area contributed by atoms with Crippen LogP contribution in [-0.2, 0) is 9.53 Å². The number of rotatable bonds is 2. The Balaban J connectivity index is 1.76. The number of amides is 3. The lowest BCUT2D eigenvalue weighted by atomic mass is 9.80. The van der Waals surface area contributed by atoms with Gasteiger partial charge in [-0.05, 0) is 32.6 Å². The van der Waals surface area contributed by atoms with Crippen molar-refractivity contribution in [1.29, 1.82) is 0 Å². The van der Waals surface area contributed by atoms with Gasteiger partial charge in [0.25, 0.3) is 5.91 Å². The van der Waals surface area contributed by atoms with Gasteiger partial charge in [-0.25, -0.2) is 4.79 Å². The molecule has 3 amide bonds. The average Bonchev–Trinajstić information content (AvgIpc) is 2.89. The molecule has 0 radical (unpaired) electrons. The van der Waals surface area contributed by atoms with Crippen LogP contribution in [-0.4, -0.2) is 41.1 Å². The molecule has 0 bridgehead atoms. The van der Waals surface area contributed by atoms with Gasteiger partial charge in [0.05, 0.1) is 12.2 Å². The summed E-state index contributed by atoms with van der Waals surface area (Å²) in [6.45, 7) is 2.62. The normalized spacial score (nSPS) is 34.1. The highest BCUT2D eigenvalue weighted by Gasteiger charge is 2.53. The van der Waals surface area contributed by atoms with Crippen LogP contribution in [0.15, 0.2) is 0 Å². The third-order valence-corrected chi connectivity index (χ3v) is 4.79. The summed E-state index contributed by atoms with van der Waals surface area (Å²) in [5.74, 6) is -0.0942. The maximum atomic E-state index is 12.2. The molecule has 1 N–H and O–H groups in total. The largest absolute Gasteiger partial charge is 0.373 e. The first-order chi connectivity index (χ1) is 9.12. The minimum atomic E-state index is -0.579. The lowest BCUT2D eigenvalue weighted by Gasteiger charge is -2.39. The standard InChI is InChI=1S/C14H22N2O3/c1-10-5-6-11(19-10)9-16-13(18)15-12(17)14(16)7-3-2-4-8-14/h10-11H,2-9H2,1H3,(H,15,17,18). The predicted molar refractivity (Wildman–Crippen MR) is 69.6 cm³/mol. The van der Waals surface area contributed by atoms with Crippen molar-refractivity contribution in [1.82, 2.24) is 10.2 Å². The van der Waals surface area contributed by atoms with Crippen LogP contribution in [0.25, 0.3) is 0 Å². The van der Waals surface area contributed by atoms with Gasteiger partial charge >= 0.3 is 6.03 Å². The van der Waals surface area contributed by atoms with Gasteiger partial charge in [0.15, 0.2) is 0 Å². The van der Waals surface area contributed by atoms with Crippen molar-refractivity contribution in [3.63, 3.8) is 0 Å². The molecule has 2 unspecified atom stereocenters. The Morgan fingerprint density at radius 3 is 2.63 bits per heavy atom. The Hall–Kier alpha value is -1.10. The molecule has 3 rings (SSSR count). The first-order valence-electron chi connectivity index (χ1n) is 7.40. The molecule has 1 aliphatic carbocycles. The second kappa shape index (κ2) is 4.78. The molecule has 3 fully saturated rings. The molecule has 19 heavy (non-hydrogen) atoms. The highest BCUT2D eigenvalue weighted by Crippen LogP contribution is 2.38. The fourth-order valence-electron chi connectivity index (χ4n) is 3.71. The molecule has 0 aromatic heterocycles. The summed E-state index contributed by atoms with van der Waals surface area (Å²) >= 11 is 0. The molecule has 0 aromatic carbocycles. The smallest absolute Gasteiger partial charge is 0.325 e. The first-order valence-corrected chi connectivity index (χ1v) is 7.40. The summed E-state index contributed by atoms with van der Waals surface area (Å²) in [5.41, 5.74) is -0.579. The van der Waals surface area contributed by atoms with E-state index < -0.39 is 5.54 Å². The van der Waals surface area contributed by atoms with Crippen LogP contribution in [0.2, 0.25) is 0 Å². The van der Waals surface area contributed by atoms with Crippen LogP contribution in [0.4, 0.5) is 4.79 Å². The van der Waals surface area contributed by atoms with E-state index in [1.165, 1.54) is 0 Å². The van der Waals surface area contributed by atoms with E-state index in [0.29, 0.717) is 6.54 Å². The Morgan fingerprint density at radius 2 is 2.00 bits per heavy atom. The van der Waals surface area contributed by atoms with Gasteiger partial charge in [0.2, 0.25) is 0 Å². The van der Waals surface area contributed by atoms with Crippen molar-refractivity contribution < 1.29 is 14.3 Å². The minimum Gasteiger partial charge on any atom is -0.373 e. The highest BCUT2D eigenvalue weighted by atomic mass is 16.5. The van der Waals surface area contributed by atoms with Crippen molar-refractivity contribution in [2.24, 2.45) is 0 Å². The van der Waals surface area contributed by atoms with Crippen LogP contribution in [0.3, 0.4) is 0 Å². The Kier molecular flexibility index (Phi) is 3.25. The Bertz CT molecular complexity index is 390. The number of urea groups is 1. The molecule has 2 saturated heterocycles. The predicted octanol–water partition coefficient (Wildman–Crippen LogP) is 1.81. The van der Waals surface area contributed by atoms with E-state index in [1.807, 2.05) is 0 Å². The number of carbonyl (C=O) groups is 2. The monoisotopic (exact) mass is 266 g/mol. The second-order valence-electron chi connectivity index (χ2n) is 6.11. The van der Waals surface area contributed by atoms with Gasteiger partial charge in [-0.2, -0.15) is 0 Å². The molecule has 0 aromatic rings. The minimum absolute atomic E-state index is 0.0884. The van der Waals surface area contributed by atoms with Crippen molar-refractivity contribution in [3.8, 4) is 0 Å². The highest BCUT2D eigenvalue weighted by molar-refractivity contribution is 6.07. The number of hydrogen-bond donors (Lipinski definition) is 1. The summed E-state index contributed by atoms with van der Waals surface area (Å²) in [6.07, 6.45) is 7.20. The molecule has 1 spiro atoms. The lowest BCUT2D eigenvalue weighted by molar-refractivity contribution is -0.128. The maximum absolute atomic E-state index is 12.2. The summed E-state index contributed by atoms with van der Waals surface area (Å²) in [7, 11) is 0. The number of nitrogens with one attached hydrogen (secondary N) is 1. The summed E-state index contributed by atoms with van der Waals surface area (Å²) in [4.78, 5) is 26.0. The molecule has 106 valence electrons. The third-order valence-electron chi connectivity index (χ3n) is 4.79. The molecule has 2 heterocycles. The molecule has 5 heteroatoms. The van der Waals surface area contributed by atoms with E-state index in [2.05, 4.69) is 12.2 Å². The van der Waals surface area contributed by atoms with Crippen LogP contribution < -0.4 is 5.32 Å². The van der Waals surface area contributed by atoms with Crippen LogP contribution in [0, 0.1) is 0 Å². The summed E-state index contributed by atoms with van der Waals surface area (Å²) in [6, 6.07) is -0.227. The van der Waals surface area contributed by atoms with E-state index in [0.717, 1.165) is 44.9 Å². The number of imide groups is 1. The van der Waals surface area contributed by atoms with E-state index in [9.17, 15) is 9.59 Å². The van der Waals surface area contributed by atoms with Gasteiger partial charge < -0.3 is 9.64 Å². The molecule has 5 nitrogen and oxygen atoms in total. The molecule has 1 saturated carbocycles. The third kappa shape index (κ3) is 2.14. The Labute approximate surface area is 113 Å². The van der Waals surface area contributed by atoms with Crippen molar-refractivity contribution in [2.45, 2.75) is 69.6 Å². The Morgan fingerprint density at radius 1 is 1.26 bits per heavy atom. The summed E-state index contributed by atoms with van der Waals surface area (Å²) < 4.78 is 5.81. The average molecular weight is 266 g/mol. The van der Waals surface area contributed by atoms with E-state index in [-0.39, 0.29) is 24.1 Å². The second-order valence-corrected chi connectivity index (χ2v) is 6.11. The van der Waals surface area contributed by atoms with Crippen molar-refractivity contribution in [2.75, 3.05) is 6.54 Å². The maximum Gasteiger partial charge on any atom is 0.325 e. The summed E-state index contributed by atoms with van der Waals surface area (Å²) in [5, 5.41) is 2.51. The molecule has 2 atom stereocenters. The topological polar surface area (TPSA) is 58.6 Å². The number of carbonyl (C=O) groups excluding carboxylic acids is 2. The van der Waals surface area contributed by atoms with E-state index in [4.69, 9.17) is 4.74 Å².